The molecule has 0 saturated carbocycles. The number of aromatic nitrogens is 1. The number of hydrogen-bond acceptors (Lipinski definition) is 3. The average Bonchev–Trinajstić information content (AvgIpc) is 3.16. The molecule has 33 heavy (non-hydrogen) atoms. The fourth-order valence-corrected chi connectivity index (χ4v) is 4.15. The fraction of sp³-hybridized carbons (Fsp3) is 0.200. The van der Waals surface area contributed by atoms with Gasteiger partial charge in [0.1, 0.15) is 6.04 Å². The van der Waals surface area contributed by atoms with Crippen LogP contribution in [0.25, 0.3) is 32.2 Å². The van der Waals surface area contributed by atoms with E-state index in [1.54, 1.807) is 24.3 Å². The van der Waals surface area contributed by atoms with Crippen molar-refractivity contribution in [3.63, 3.8) is 0 Å². The van der Waals surface area contributed by atoms with Crippen LogP contribution in [0, 0.1) is 0 Å². The van der Waals surface area contributed by atoms with Gasteiger partial charge >= 0.3 is 5.97 Å². The van der Waals surface area contributed by atoms with Crippen molar-refractivity contribution in [1.82, 2.24) is 9.88 Å². The van der Waals surface area contributed by atoms with Gasteiger partial charge in [-0.05, 0) is 49.1 Å². The molecule has 4 rings (SSSR count). The van der Waals surface area contributed by atoms with Gasteiger partial charge in [0.15, 0.2) is 0 Å². The van der Waals surface area contributed by atoms with Gasteiger partial charge in [-0.3, -0.25) is 4.79 Å². The van der Waals surface area contributed by atoms with Crippen LogP contribution in [0.1, 0.15) is 35.7 Å². The first-order chi connectivity index (χ1) is 16.1. The highest BCUT2D eigenvalue weighted by atomic mass is 16.4. The number of carbonyl (C=O) groups is 2. The molecule has 0 saturated heterocycles. The maximum Gasteiger partial charge on any atom is 0.326 e. The van der Waals surface area contributed by atoms with Gasteiger partial charge in [0.2, 0.25) is 0 Å². The van der Waals surface area contributed by atoms with E-state index >= 15 is 0 Å². The van der Waals surface area contributed by atoms with E-state index in [1.807, 2.05) is 53.1 Å². The summed E-state index contributed by atoms with van der Waals surface area (Å²) in [5, 5.41) is 18.4. The zero-order chi connectivity index (χ0) is 23.2. The minimum atomic E-state index is -0.870. The number of carboxylic acids is 1. The quantitative estimate of drug-likeness (QED) is 0.144. The number of aliphatic carboxylic acids is 1. The number of carboxylic acid groups (broad SMARTS) is 1. The van der Waals surface area contributed by atoms with Crippen LogP contribution in [0.5, 0.6) is 0 Å². The minimum Gasteiger partial charge on any atom is -0.480 e. The normalized spacial score (nSPS) is 11.8. The molecule has 0 fully saturated rings. The van der Waals surface area contributed by atoms with Crippen molar-refractivity contribution in [3.05, 3.63) is 88.8 Å². The van der Waals surface area contributed by atoms with E-state index in [0.717, 1.165) is 21.8 Å². The standard InChI is InChI=1S/C25H23N5O3/c26-29-28-18-14-12-17(13-15-18)24(31)27-16-6-5-11-23(25(32)33)30-21-9-3-1-7-19(21)20-8-2-4-10-22(20)30/h1-4,7-10,12-15,23H,5-6,11,16H2,(H,27,31)(H,32,33)/t23-/m0/s1. The molecule has 8 nitrogen and oxygen atoms in total. The topological polar surface area (TPSA) is 120 Å². The van der Waals surface area contributed by atoms with Crippen molar-refractivity contribution in [3.8, 4) is 0 Å². The van der Waals surface area contributed by atoms with E-state index in [0.29, 0.717) is 37.1 Å². The molecule has 0 aliphatic rings. The molecule has 1 aromatic heterocycles. The highest BCUT2D eigenvalue weighted by molar-refractivity contribution is 6.08. The molecule has 0 unspecified atom stereocenters. The number of rotatable bonds is 9. The van der Waals surface area contributed by atoms with Gasteiger partial charge in [-0.1, -0.05) is 53.6 Å². The summed E-state index contributed by atoms with van der Waals surface area (Å²) in [7, 11) is 0. The van der Waals surface area contributed by atoms with E-state index in [4.69, 9.17) is 5.53 Å². The molecular formula is C25H23N5O3. The van der Waals surface area contributed by atoms with E-state index in [2.05, 4.69) is 15.3 Å². The second-order valence-corrected chi connectivity index (χ2v) is 7.75. The van der Waals surface area contributed by atoms with Crippen LogP contribution in [-0.4, -0.2) is 28.1 Å². The Balaban J connectivity index is 1.40. The number of fused-ring (bicyclic) bond motifs is 3. The van der Waals surface area contributed by atoms with Crippen molar-refractivity contribution in [1.29, 1.82) is 0 Å². The molecule has 0 spiro atoms. The summed E-state index contributed by atoms with van der Waals surface area (Å²) in [6.45, 7) is 0.441. The number of para-hydroxylation sites is 2. The zero-order valence-electron chi connectivity index (χ0n) is 17.9. The lowest BCUT2D eigenvalue weighted by atomic mass is 10.1. The number of azide groups is 1. The Morgan fingerprint density at radius 2 is 1.55 bits per heavy atom. The van der Waals surface area contributed by atoms with Gasteiger partial charge in [0.05, 0.1) is 0 Å². The maximum atomic E-state index is 12.3. The number of unbranched alkanes of at least 4 members (excludes halogenated alkanes) is 1. The van der Waals surface area contributed by atoms with Gasteiger partial charge in [-0.25, -0.2) is 4.79 Å². The average molecular weight is 441 g/mol. The lowest BCUT2D eigenvalue weighted by Crippen LogP contribution is -2.25. The van der Waals surface area contributed by atoms with Gasteiger partial charge in [0, 0.05) is 44.5 Å². The number of hydrogen-bond donors (Lipinski definition) is 2. The minimum absolute atomic E-state index is 0.223. The van der Waals surface area contributed by atoms with E-state index < -0.39 is 12.0 Å². The monoisotopic (exact) mass is 441 g/mol. The smallest absolute Gasteiger partial charge is 0.326 e. The van der Waals surface area contributed by atoms with Crippen molar-refractivity contribution in [2.45, 2.75) is 25.3 Å². The highest BCUT2D eigenvalue weighted by Crippen LogP contribution is 2.33. The molecule has 2 N–H and O–H groups in total. The first kappa shape index (κ1) is 21.9. The first-order valence-corrected chi connectivity index (χ1v) is 10.7. The molecule has 1 atom stereocenters. The van der Waals surface area contributed by atoms with Crippen molar-refractivity contribution in [2.75, 3.05) is 6.54 Å². The molecule has 0 aliphatic carbocycles. The third kappa shape index (κ3) is 4.66. The van der Waals surface area contributed by atoms with Crippen LogP contribution in [0.15, 0.2) is 77.9 Å². The van der Waals surface area contributed by atoms with Crippen LogP contribution in [-0.2, 0) is 4.79 Å². The van der Waals surface area contributed by atoms with Crippen molar-refractivity contribution in [2.24, 2.45) is 5.11 Å². The predicted molar refractivity (Wildman–Crippen MR) is 128 cm³/mol. The summed E-state index contributed by atoms with van der Waals surface area (Å²) < 4.78 is 1.91. The molecule has 1 amide bonds. The molecule has 8 heteroatoms. The van der Waals surface area contributed by atoms with Crippen molar-refractivity contribution < 1.29 is 14.7 Å². The van der Waals surface area contributed by atoms with Crippen LogP contribution < -0.4 is 5.32 Å². The van der Waals surface area contributed by atoms with Gasteiger partial charge in [0.25, 0.3) is 5.91 Å². The van der Waals surface area contributed by atoms with Crippen molar-refractivity contribution >= 4 is 39.4 Å². The SMILES string of the molecule is [N-]=[N+]=Nc1ccc(C(=O)NCCCC[C@@H](C(=O)O)n2c3ccccc3c3ccccc32)cc1. The molecule has 0 radical (unpaired) electrons. The summed E-state index contributed by atoms with van der Waals surface area (Å²) in [6, 6.07) is 21.4. The molecule has 166 valence electrons. The number of nitrogens with zero attached hydrogens (tertiary/aromatic N) is 4. The fourth-order valence-electron chi connectivity index (χ4n) is 4.15. The summed E-state index contributed by atoms with van der Waals surface area (Å²) in [5.74, 6) is -1.09. The number of carbonyl (C=O) groups excluding carboxylic acids is 1. The predicted octanol–water partition coefficient (Wildman–Crippen LogP) is 5.96. The first-order valence-electron chi connectivity index (χ1n) is 10.7. The summed E-state index contributed by atoms with van der Waals surface area (Å²) in [4.78, 5) is 27.2. The molecule has 3 aromatic carbocycles. The Hall–Kier alpha value is -4.29. The second-order valence-electron chi connectivity index (χ2n) is 7.75. The maximum absolute atomic E-state index is 12.3. The largest absolute Gasteiger partial charge is 0.480 e. The second kappa shape index (κ2) is 9.89. The van der Waals surface area contributed by atoms with E-state index in [9.17, 15) is 14.7 Å². The van der Waals surface area contributed by atoms with Gasteiger partial charge < -0.3 is 15.0 Å². The Morgan fingerprint density at radius 3 is 2.12 bits per heavy atom. The zero-order valence-corrected chi connectivity index (χ0v) is 17.9. The van der Waals surface area contributed by atoms with Crippen LogP contribution in [0.2, 0.25) is 0 Å². The van der Waals surface area contributed by atoms with E-state index in [1.165, 1.54) is 0 Å². The Morgan fingerprint density at radius 1 is 0.939 bits per heavy atom. The number of nitrogens with one attached hydrogen (secondary N) is 1. The third-order valence-corrected chi connectivity index (χ3v) is 5.69. The lowest BCUT2D eigenvalue weighted by molar-refractivity contribution is -0.140. The third-order valence-electron chi connectivity index (χ3n) is 5.69. The summed E-state index contributed by atoms with van der Waals surface area (Å²) >= 11 is 0. The Kier molecular flexibility index (Phi) is 6.57. The summed E-state index contributed by atoms with van der Waals surface area (Å²) in [5.41, 5.74) is 11.2. The molecule has 1 heterocycles. The number of amides is 1. The van der Waals surface area contributed by atoms with Crippen LogP contribution in [0.3, 0.4) is 0 Å². The molecular weight excluding hydrogens is 418 g/mol. The number of benzene rings is 3. The summed E-state index contributed by atoms with van der Waals surface area (Å²) in [6.07, 6.45) is 1.76. The van der Waals surface area contributed by atoms with Crippen LogP contribution in [0.4, 0.5) is 5.69 Å². The van der Waals surface area contributed by atoms with Crippen LogP contribution >= 0.6 is 0 Å². The molecule has 0 bridgehead atoms. The Labute approximate surface area is 190 Å². The van der Waals surface area contributed by atoms with Gasteiger partial charge in [-0.15, -0.1) is 0 Å². The highest BCUT2D eigenvalue weighted by Gasteiger charge is 2.23. The van der Waals surface area contributed by atoms with Gasteiger partial charge in [-0.2, -0.15) is 0 Å². The molecule has 0 aliphatic heterocycles. The molecule has 4 aromatic rings. The van der Waals surface area contributed by atoms with E-state index in [-0.39, 0.29) is 5.91 Å². The Bertz CT molecular complexity index is 1300. The lowest BCUT2D eigenvalue weighted by Gasteiger charge is -2.17.